The van der Waals surface area contributed by atoms with E-state index in [0.29, 0.717) is 18.7 Å². The van der Waals surface area contributed by atoms with E-state index in [1.54, 1.807) is 7.11 Å². The number of nitrogens with zero attached hydrogens (tertiary/aromatic N) is 1. The Kier molecular flexibility index (Phi) is 8.02. The normalized spacial score (nSPS) is 23.5. The first-order valence-electron chi connectivity index (χ1n) is 11.7. The number of piperidine rings is 1. The van der Waals surface area contributed by atoms with Crippen molar-refractivity contribution in [2.75, 3.05) is 26.8 Å². The molecule has 0 spiro atoms. The number of carbonyl (C=O) groups excluding carboxylic acids is 1. The van der Waals surface area contributed by atoms with Crippen LogP contribution in [0.5, 0.6) is 5.75 Å². The Morgan fingerprint density at radius 3 is 2.69 bits per heavy atom. The minimum atomic E-state index is -0.529. The van der Waals surface area contributed by atoms with Crippen molar-refractivity contribution in [3.63, 3.8) is 0 Å². The zero-order valence-corrected chi connectivity index (χ0v) is 18.9. The van der Waals surface area contributed by atoms with Gasteiger partial charge in [0.2, 0.25) is 0 Å². The summed E-state index contributed by atoms with van der Waals surface area (Å²) >= 11 is 0. The number of likely N-dealkylation sites (tertiary alicyclic amines) is 1. The van der Waals surface area contributed by atoms with E-state index in [4.69, 9.17) is 14.2 Å². The molecule has 1 N–H and O–H groups in total. The van der Waals surface area contributed by atoms with E-state index in [9.17, 15) is 4.79 Å². The molecular formula is C26H34N2O4. The van der Waals surface area contributed by atoms with Gasteiger partial charge in [-0.1, -0.05) is 48.5 Å². The van der Waals surface area contributed by atoms with Gasteiger partial charge in [-0.25, -0.2) is 4.79 Å². The highest BCUT2D eigenvalue weighted by atomic mass is 16.8. The fraction of sp³-hybridized carbons (Fsp3) is 0.500. The summed E-state index contributed by atoms with van der Waals surface area (Å²) in [6.45, 7) is 3.32. The molecule has 172 valence electrons. The van der Waals surface area contributed by atoms with Crippen molar-refractivity contribution in [1.82, 2.24) is 10.2 Å². The van der Waals surface area contributed by atoms with E-state index in [0.717, 1.165) is 51.1 Å². The van der Waals surface area contributed by atoms with Crippen molar-refractivity contribution in [3.05, 3.63) is 65.7 Å². The van der Waals surface area contributed by atoms with Crippen LogP contribution in [0, 0.1) is 0 Å². The molecule has 2 aromatic rings. The molecular weight excluding hydrogens is 404 g/mol. The average molecular weight is 439 g/mol. The van der Waals surface area contributed by atoms with E-state index in [-0.39, 0.29) is 6.10 Å². The molecule has 2 heterocycles. The van der Waals surface area contributed by atoms with E-state index in [2.05, 4.69) is 52.7 Å². The molecule has 2 aliphatic heterocycles. The summed E-state index contributed by atoms with van der Waals surface area (Å²) < 4.78 is 15.6. The molecule has 4 rings (SSSR count). The van der Waals surface area contributed by atoms with Crippen molar-refractivity contribution in [3.8, 4) is 5.75 Å². The maximum Gasteiger partial charge on any atom is 0.508 e. The van der Waals surface area contributed by atoms with Gasteiger partial charge in [0.25, 0.3) is 0 Å². The molecule has 6 heteroatoms. The quantitative estimate of drug-likeness (QED) is 0.429. The van der Waals surface area contributed by atoms with Crippen molar-refractivity contribution in [1.29, 1.82) is 0 Å². The number of hydrogen-bond donors (Lipinski definition) is 1. The average Bonchev–Trinajstić information content (AvgIpc) is 3.26. The Labute approximate surface area is 190 Å². The van der Waals surface area contributed by atoms with Crippen LogP contribution in [0.25, 0.3) is 0 Å². The van der Waals surface area contributed by atoms with Crippen molar-refractivity contribution >= 4 is 6.16 Å². The standard InChI is InChI=1S/C26H34N2O4/c1-30-24-15-6-5-12-21(24)18-27-23-14-9-17-28(25(23)20-10-3-2-4-11-20)16-8-7-13-22-19-31-26(29)32-22/h2-6,10-12,15,22-23,25,27H,7-9,13-14,16-19H2,1H3. The lowest BCUT2D eigenvalue weighted by atomic mass is 9.89. The molecule has 2 aliphatic rings. The first kappa shape index (κ1) is 22.6. The van der Waals surface area contributed by atoms with E-state index >= 15 is 0 Å². The fourth-order valence-electron chi connectivity index (χ4n) is 4.91. The Balaban J connectivity index is 1.38. The lowest BCUT2D eigenvalue weighted by Crippen LogP contribution is -2.48. The molecule has 0 aliphatic carbocycles. The topological polar surface area (TPSA) is 60.0 Å². The van der Waals surface area contributed by atoms with Gasteiger partial charge in [0, 0.05) is 18.2 Å². The van der Waals surface area contributed by atoms with Crippen molar-refractivity contribution < 1.29 is 19.0 Å². The van der Waals surface area contributed by atoms with E-state index < -0.39 is 6.16 Å². The fourth-order valence-corrected chi connectivity index (χ4v) is 4.91. The van der Waals surface area contributed by atoms with Gasteiger partial charge < -0.3 is 19.5 Å². The van der Waals surface area contributed by atoms with Gasteiger partial charge in [0.1, 0.15) is 18.5 Å². The number of nitrogens with one attached hydrogen (secondary N) is 1. The van der Waals surface area contributed by atoms with Crippen LogP contribution in [0.15, 0.2) is 54.6 Å². The molecule has 3 atom stereocenters. The van der Waals surface area contributed by atoms with Crippen LogP contribution in [-0.2, 0) is 16.0 Å². The maximum absolute atomic E-state index is 11.1. The summed E-state index contributed by atoms with van der Waals surface area (Å²) in [5.41, 5.74) is 2.55. The molecule has 2 saturated heterocycles. The Morgan fingerprint density at radius 1 is 1.09 bits per heavy atom. The van der Waals surface area contributed by atoms with E-state index in [1.807, 2.05) is 12.1 Å². The number of methoxy groups -OCH3 is 1. The summed E-state index contributed by atoms with van der Waals surface area (Å²) in [4.78, 5) is 13.7. The van der Waals surface area contributed by atoms with Gasteiger partial charge in [0.15, 0.2) is 0 Å². The predicted octanol–water partition coefficient (Wildman–Crippen LogP) is 4.70. The minimum absolute atomic E-state index is 0.0796. The molecule has 32 heavy (non-hydrogen) atoms. The number of rotatable bonds is 10. The van der Waals surface area contributed by atoms with Crippen LogP contribution in [0.4, 0.5) is 4.79 Å². The number of cyclic esters (lactones) is 2. The number of hydrogen-bond acceptors (Lipinski definition) is 6. The maximum atomic E-state index is 11.1. The first-order chi connectivity index (χ1) is 15.7. The first-order valence-corrected chi connectivity index (χ1v) is 11.7. The Hall–Kier alpha value is -2.57. The third-order valence-electron chi connectivity index (χ3n) is 6.49. The van der Waals surface area contributed by atoms with Crippen LogP contribution >= 0.6 is 0 Å². The number of para-hydroxylation sites is 1. The Morgan fingerprint density at radius 2 is 1.91 bits per heavy atom. The third kappa shape index (κ3) is 5.81. The lowest BCUT2D eigenvalue weighted by Gasteiger charge is -2.42. The van der Waals surface area contributed by atoms with Crippen LogP contribution in [0.2, 0.25) is 0 Å². The molecule has 2 aromatic carbocycles. The summed E-state index contributed by atoms with van der Waals surface area (Å²) in [7, 11) is 1.73. The van der Waals surface area contributed by atoms with Gasteiger partial charge >= 0.3 is 6.16 Å². The van der Waals surface area contributed by atoms with E-state index in [1.165, 1.54) is 17.5 Å². The van der Waals surface area contributed by atoms with Crippen LogP contribution < -0.4 is 10.1 Å². The second-order valence-corrected chi connectivity index (χ2v) is 8.63. The molecule has 0 saturated carbocycles. The zero-order valence-electron chi connectivity index (χ0n) is 18.9. The summed E-state index contributed by atoms with van der Waals surface area (Å²) in [6.07, 6.45) is 4.70. The van der Waals surface area contributed by atoms with Gasteiger partial charge in [-0.15, -0.1) is 0 Å². The predicted molar refractivity (Wildman–Crippen MR) is 124 cm³/mol. The Bertz CT molecular complexity index is 860. The molecule has 3 unspecified atom stereocenters. The van der Waals surface area contributed by atoms with Crippen LogP contribution in [-0.4, -0.2) is 50.0 Å². The highest BCUT2D eigenvalue weighted by Gasteiger charge is 2.32. The minimum Gasteiger partial charge on any atom is -0.496 e. The number of carbonyl (C=O) groups is 1. The van der Waals surface area contributed by atoms with Crippen molar-refractivity contribution in [2.24, 2.45) is 0 Å². The summed E-state index contributed by atoms with van der Waals surface area (Å²) in [5.74, 6) is 0.931. The highest BCUT2D eigenvalue weighted by molar-refractivity contribution is 5.61. The second-order valence-electron chi connectivity index (χ2n) is 8.63. The number of ether oxygens (including phenoxy) is 3. The lowest BCUT2D eigenvalue weighted by molar-refractivity contribution is 0.103. The van der Waals surface area contributed by atoms with Gasteiger partial charge in [-0.3, -0.25) is 4.90 Å². The van der Waals surface area contributed by atoms with Crippen molar-refractivity contribution in [2.45, 2.75) is 56.8 Å². The molecule has 0 radical (unpaired) electrons. The SMILES string of the molecule is COc1ccccc1CNC1CCCN(CCCCC2COC(=O)O2)C1c1ccccc1. The van der Waals surface area contributed by atoms with Gasteiger partial charge in [-0.2, -0.15) is 0 Å². The molecule has 0 aromatic heterocycles. The van der Waals surface area contributed by atoms with Crippen LogP contribution in [0.3, 0.4) is 0 Å². The smallest absolute Gasteiger partial charge is 0.496 e. The molecule has 2 fully saturated rings. The number of unbranched alkanes of at least 4 members (excludes halogenated alkanes) is 1. The third-order valence-corrected chi connectivity index (χ3v) is 6.49. The molecule has 0 amide bonds. The van der Waals surface area contributed by atoms with Gasteiger partial charge in [0.05, 0.1) is 13.2 Å². The zero-order chi connectivity index (χ0) is 22.2. The molecule has 0 bridgehead atoms. The summed E-state index contributed by atoms with van der Waals surface area (Å²) in [5, 5.41) is 3.84. The number of benzene rings is 2. The van der Waals surface area contributed by atoms with Crippen LogP contribution in [0.1, 0.15) is 49.3 Å². The molecule has 6 nitrogen and oxygen atoms in total. The van der Waals surface area contributed by atoms with Gasteiger partial charge in [-0.05, 0) is 56.8 Å². The largest absolute Gasteiger partial charge is 0.508 e. The highest BCUT2D eigenvalue weighted by Crippen LogP contribution is 2.32. The second kappa shape index (κ2) is 11.3. The monoisotopic (exact) mass is 438 g/mol. The summed E-state index contributed by atoms with van der Waals surface area (Å²) in [6, 6.07) is 19.8.